The third-order valence-electron chi connectivity index (χ3n) is 5.98. The first kappa shape index (κ1) is 13.6. The summed E-state index contributed by atoms with van der Waals surface area (Å²) in [5.41, 5.74) is 6.04. The fourth-order valence-corrected chi connectivity index (χ4v) is 4.27. The summed E-state index contributed by atoms with van der Waals surface area (Å²) in [5, 5.41) is 0. The molecule has 2 atom stereocenters. The Labute approximate surface area is 133 Å². The number of fused-ring (bicyclic) bond motifs is 2. The van der Waals surface area contributed by atoms with Crippen LogP contribution in [-0.4, -0.2) is 0 Å². The van der Waals surface area contributed by atoms with Crippen molar-refractivity contribution >= 4 is 11.1 Å². The van der Waals surface area contributed by atoms with Crippen LogP contribution in [0, 0.1) is 16.7 Å². The molecule has 2 aromatic carbocycles. The molecule has 2 aliphatic rings. The Hall–Kier alpha value is -2.08. The van der Waals surface area contributed by atoms with Gasteiger partial charge in [-0.1, -0.05) is 93.6 Å². The van der Waals surface area contributed by atoms with Crippen molar-refractivity contribution < 1.29 is 0 Å². The molecule has 0 spiro atoms. The van der Waals surface area contributed by atoms with Crippen LogP contribution in [0.15, 0.2) is 72.8 Å². The first-order valence-corrected chi connectivity index (χ1v) is 8.10. The van der Waals surface area contributed by atoms with Gasteiger partial charge in [-0.05, 0) is 27.7 Å². The summed E-state index contributed by atoms with van der Waals surface area (Å²) in [5.74, 6) is 0.495. The highest BCUT2D eigenvalue weighted by Crippen LogP contribution is 2.67. The fraction of sp³-hybridized carbons (Fsp3) is 0.273. The quantitative estimate of drug-likeness (QED) is 0.651. The second-order valence-corrected chi connectivity index (χ2v) is 7.31. The van der Waals surface area contributed by atoms with Gasteiger partial charge in [0.1, 0.15) is 0 Å². The molecule has 0 saturated heterocycles. The van der Waals surface area contributed by atoms with Gasteiger partial charge < -0.3 is 0 Å². The highest BCUT2D eigenvalue weighted by atomic mass is 14.6. The Morgan fingerprint density at radius 3 is 1.77 bits per heavy atom. The molecule has 2 bridgehead atoms. The molecular formula is C22H22. The smallest absolute Gasteiger partial charge is 0.0173 e. The SMILES string of the molecule is CC1(C)[C@@H]2C=C(c3ccccc3)[C@@]1(C)C=C2c1ccccc1. The van der Waals surface area contributed by atoms with E-state index in [2.05, 4.69) is 93.6 Å². The third kappa shape index (κ3) is 1.64. The van der Waals surface area contributed by atoms with Gasteiger partial charge in [-0.2, -0.15) is 0 Å². The summed E-state index contributed by atoms with van der Waals surface area (Å²) in [6.45, 7) is 7.23. The third-order valence-corrected chi connectivity index (χ3v) is 5.98. The number of hydrogen-bond donors (Lipinski definition) is 0. The predicted molar refractivity (Wildman–Crippen MR) is 94.2 cm³/mol. The summed E-state index contributed by atoms with van der Waals surface area (Å²) in [7, 11) is 0. The number of rotatable bonds is 2. The zero-order chi connectivity index (χ0) is 15.4. The fourth-order valence-electron chi connectivity index (χ4n) is 4.27. The lowest BCUT2D eigenvalue weighted by Crippen LogP contribution is -2.30. The topological polar surface area (TPSA) is 0 Å². The largest absolute Gasteiger partial charge is 0.0717 e. The normalized spacial score (nSPS) is 28.4. The number of allylic oxidation sites excluding steroid dienone is 4. The lowest BCUT2D eigenvalue weighted by atomic mass is 9.66. The minimum Gasteiger partial charge on any atom is -0.0717 e. The molecule has 0 N–H and O–H groups in total. The molecule has 22 heavy (non-hydrogen) atoms. The van der Waals surface area contributed by atoms with E-state index >= 15 is 0 Å². The van der Waals surface area contributed by atoms with Crippen LogP contribution in [0.25, 0.3) is 11.1 Å². The molecule has 0 saturated carbocycles. The van der Waals surface area contributed by atoms with Gasteiger partial charge in [0.25, 0.3) is 0 Å². The minimum atomic E-state index is 0.101. The molecule has 0 heterocycles. The lowest BCUT2D eigenvalue weighted by Gasteiger charge is -2.37. The second-order valence-electron chi connectivity index (χ2n) is 7.31. The molecule has 0 radical (unpaired) electrons. The van der Waals surface area contributed by atoms with Crippen LogP contribution < -0.4 is 0 Å². The monoisotopic (exact) mass is 286 g/mol. The standard InChI is InChI=1S/C22H22/c1-21(2)20-14-19(17-12-8-5-9-13-17)22(21,3)15-18(20)16-10-6-4-7-11-16/h4-15,20H,1-3H3/t20-,22-/m1/s1. The van der Waals surface area contributed by atoms with Gasteiger partial charge in [-0.25, -0.2) is 0 Å². The molecule has 0 heteroatoms. The van der Waals surface area contributed by atoms with Gasteiger partial charge in [0.2, 0.25) is 0 Å². The van der Waals surface area contributed by atoms with Crippen molar-refractivity contribution in [2.45, 2.75) is 20.8 Å². The van der Waals surface area contributed by atoms with Crippen molar-refractivity contribution in [2.75, 3.05) is 0 Å². The molecule has 2 aliphatic carbocycles. The molecular weight excluding hydrogens is 264 g/mol. The molecule has 0 unspecified atom stereocenters. The summed E-state index contributed by atoms with van der Waals surface area (Å²) in [4.78, 5) is 0. The van der Waals surface area contributed by atoms with Crippen LogP contribution in [0.3, 0.4) is 0 Å². The Balaban J connectivity index is 1.83. The van der Waals surface area contributed by atoms with Gasteiger partial charge in [0.15, 0.2) is 0 Å². The van der Waals surface area contributed by atoms with Gasteiger partial charge in [0.05, 0.1) is 0 Å². The van der Waals surface area contributed by atoms with E-state index in [1.54, 1.807) is 0 Å². The molecule has 0 nitrogen and oxygen atoms in total. The Kier molecular flexibility index (Phi) is 2.75. The molecule has 0 amide bonds. The average Bonchev–Trinajstić information content (AvgIpc) is 2.87. The summed E-state index contributed by atoms with van der Waals surface area (Å²) in [6, 6.07) is 21.7. The molecule has 4 rings (SSSR count). The van der Waals surface area contributed by atoms with E-state index in [-0.39, 0.29) is 10.8 Å². The van der Waals surface area contributed by atoms with Crippen molar-refractivity contribution in [3.8, 4) is 0 Å². The van der Waals surface area contributed by atoms with Gasteiger partial charge in [-0.3, -0.25) is 0 Å². The van der Waals surface area contributed by atoms with Crippen molar-refractivity contribution in [1.82, 2.24) is 0 Å². The minimum absolute atomic E-state index is 0.101. The summed E-state index contributed by atoms with van der Waals surface area (Å²) >= 11 is 0. The first-order valence-electron chi connectivity index (χ1n) is 8.10. The van der Waals surface area contributed by atoms with Crippen LogP contribution in [-0.2, 0) is 0 Å². The van der Waals surface area contributed by atoms with Gasteiger partial charge >= 0.3 is 0 Å². The highest BCUT2D eigenvalue weighted by Gasteiger charge is 2.57. The predicted octanol–water partition coefficient (Wildman–Crippen LogP) is 5.83. The maximum Gasteiger partial charge on any atom is 0.0173 e. The van der Waals surface area contributed by atoms with Crippen molar-refractivity contribution in [1.29, 1.82) is 0 Å². The van der Waals surface area contributed by atoms with E-state index in [1.165, 1.54) is 22.3 Å². The summed E-state index contributed by atoms with van der Waals surface area (Å²) in [6.07, 6.45) is 5.03. The average molecular weight is 286 g/mol. The molecule has 2 aromatic rings. The van der Waals surface area contributed by atoms with Crippen LogP contribution in [0.1, 0.15) is 31.9 Å². The van der Waals surface area contributed by atoms with Crippen LogP contribution in [0.5, 0.6) is 0 Å². The second kappa shape index (κ2) is 4.46. The van der Waals surface area contributed by atoms with Crippen LogP contribution in [0.2, 0.25) is 0 Å². The van der Waals surface area contributed by atoms with Gasteiger partial charge in [-0.15, -0.1) is 0 Å². The number of benzene rings is 2. The van der Waals surface area contributed by atoms with Crippen molar-refractivity contribution in [3.63, 3.8) is 0 Å². The van der Waals surface area contributed by atoms with Crippen LogP contribution in [0.4, 0.5) is 0 Å². The van der Waals surface area contributed by atoms with E-state index in [0.717, 1.165) is 0 Å². The van der Waals surface area contributed by atoms with E-state index in [1.807, 2.05) is 0 Å². The molecule has 0 aliphatic heterocycles. The molecule has 110 valence electrons. The first-order chi connectivity index (χ1) is 10.5. The van der Waals surface area contributed by atoms with E-state index in [4.69, 9.17) is 0 Å². The highest BCUT2D eigenvalue weighted by molar-refractivity contribution is 5.88. The number of hydrogen-bond acceptors (Lipinski definition) is 0. The Morgan fingerprint density at radius 2 is 1.27 bits per heavy atom. The van der Waals surface area contributed by atoms with E-state index in [9.17, 15) is 0 Å². The van der Waals surface area contributed by atoms with Crippen molar-refractivity contribution in [3.05, 3.63) is 83.9 Å². The van der Waals surface area contributed by atoms with E-state index < -0.39 is 0 Å². The Bertz CT molecular complexity index is 762. The van der Waals surface area contributed by atoms with Crippen molar-refractivity contribution in [2.24, 2.45) is 16.7 Å². The maximum atomic E-state index is 2.52. The van der Waals surface area contributed by atoms with Gasteiger partial charge in [0, 0.05) is 11.3 Å². The Morgan fingerprint density at radius 1 is 0.727 bits per heavy atom. The molecule has 0 aromatic heterocycles. The lowest BCUT2D eigenvalue weighted by molar-refractivity contribution is 0.216. The van der Waals surface area contributed by atoms with E-state index in [0.29, 0.717) is 5.92 Å². The zero-order valence-corrected chi connectivity index (χ0v) is 13.5. The van der Waals surface area contributed by atoms with Crippen LogP contribution >= 0.6 is 0 Å². The maximum absolute atomic E-state index is 2.52. The zero-order valence-electron chi connectivity index (χ0n) is 13.5. The molecule has 0 fully saturated rings. The summed E-state index contributed by atoms with van der Waals surface area (Å²) < 4.78 is 0.